The first-order valence-corrected chi connectivity index (χ1v) is 5.60. The van der Waals surface area contributed by atoms with Crippen molar-refractivity contribution >= 4 is 0 Å². The normalized spacial score (nSPS) is 10.3. The lowest BCUT2D eigenvalue weighted by molar-refractivity contribution is 0.298. The predicted molar refractivity (Wildman–Crippen MR) is 66.6 cm³/mol. The Morgan fingerprint density at radius 1 is 1.06 bits per heavy atom. The maximum absolute atomic E-state index is 13.4. The van der Waals surface area contributed by atoms with Gasteiger partial charge < -0.3 is 4.74 Å². The highest BCUT2D eigenvalue weighted by Gasteiger charge is 2.03. The van der Waals surface area contributed by atoms with E-state index in [1.165, 1.54) is 11.6 Å². The third-order valence-electron chi connectivity index (χ3n) is 2.67. The Labute approximate surface area is 101 Å². The molecule has 0 spiro atoms. The van der Waals surface area contributed by atoms with Gasteiger partial charge in [0.2, 0.25) is 0 Å². The Bertz CT molecular complexity index is 520. The van der Waals surface area contributed by atoms with Crippen LogP contribution in [-0.4, -0.2) is 0 Å². The van der Waals surface area contributed by atoms with Crippen LogP contribution in [0.25, 0.3) is 0 Å². The van der Waals surface area contributed by atoms with Crippen molar-refractivity contribution in [2.45, 2.75) is 20.5 Å². The molecule has 0 saturated carbocycles. The van der Waals surface area contributed by atoms with Crippen LogP contribution in [-0.2, 0) is 6.61 Å². The van der Waals surface area contributed by atoms with Crippen molar-refractivity contribution in [3.05, 3.63) is 65.0 Å². The first-order valence-electron chi connectivity index (χ1n) is 5.60. The molecule has 0 unspecified atom stereocenters. The van der Waals surface area contributed by atoms with Gasteiger partial charge in [0.05, 0.1) is 0 Å². The van der Waals surface area contributed by atoms with Gasteiger partial charge >= 0.3 is 0 Å². The van der Waals surface area contributed by atoms with Crippen molar-refractivity contribution < 1.29 is 9.13 Å². The third kappa shape index (κ3) is 2.84. The molecule has 88 valence electrons. The van der Waals surface area contributed by atoms with Crippen LogP contribution in [0.3, 0.4) is 0 Å². The summed E-state index contributed by atoms with van der Waals surface area (Å²) in [7, 11) is 0. The van der Waals surface area contributed by atoms with Crippen LogP contribution in [0.4, 0.5) is 4.39 Å². The average Bonchev–Trinajstić information content (AvgIpc) is 2.30. The first kappa shape index (κ1) is 11.6. The fraction of sp³-hybridized carbons (Fsp3) is 0.200. The summed E-state index contributed by atoms with van der Waals surface area (Å²) in [5.74, 6) is 0.580. The van der Waals surface area contributed by atoms with Gasteiger partial charge in [-0.15, -0.1) is 0 Å². The molecule has 0 radical (unpaired) electrons. The van der Waals surface area contributed by atoms with Crippen LogP contribution < -0.4 is 4.74 Å². The molecular formula is C15H15FO. The maximum Gasteiger partial charge on any atom is 0.129 e. The zero-order valence-corrected chi connectivity index (χ0v) is 10.0. The van der Waals surface area contributed by atoms with E-state index in [4.69, 9.17) is 4.74 Å². The Morgan fingerprint density at radius 2 is 1.82 bits per heavy atom. The van der Waals surface area contributed by atoms with Crippen molar-refractivity contribution in [1.82, 2.24) is 0 Å². The Balaban J connectivity index is 2.10. The monoisotopic (exact) mass is 230 g/mol. The van der Waals surface area contributed by atoms with Gasteiger partial charge in [0.25, 0.3) is 0 Å². The van der Waals surface area contributed by atoms with E-state index in [0.29, 0.717) is 5.56 Å². The molecule has 0 aromatic heterocycles. The summed E-state index contributed by atoms with van der Waals surface area (Å²) in [4.78, 5) is 0. The van der Waals surface area contributed by atoms with Crippen LogP contribution in [0.15, 0.2) is 42.5 Å². The molecule has 2 heteroatoms. The smallest absolute Gasteiger partial charge is 0.129 e. The third-order valence-corrected chi connectivity index (χ3v) is 2.67. The number of halogens is 1. The SMILES string of the molecule is Cc1ccc(OCc2ccccc2F)c(C)c1. The minimum atomic E-state index is -0.225. The molecule has 0 saturated heterocycles. The number of benzene rings is 2. The zero-order valence-electron chi connectivity index (χ0n) is 10.0. The molecule has 17 heavy (non-hydrogen) atoms. The van der Waals surface area contributed by atoms with Crippen LogP contribution in [0.2, 0.25) is 0 Å². The van der Waals surface area contributed by atoms with Gasteiger partial charge in [-0.25, -0.2) is 4.39 Å². The van der Waals surface area contributed by atoms with E-state index in [1.54, 1.807) is 12.1 Å². The van der Waals surface area contributed by atoms with Gasteiger partial charge in [0.1, 0.15) is 18.2 Å². The number of ether oxygens (including phenoxy) is 1. The minimum absolute atomic E-state index is 0.225. The quantitative estimate of drug-likeness (QED) is 0.773. The Hall–Kier alpha value is -1.83. The molecule has 2 aromatic carbocycles. The van der Waals surface area contributed by atoms with Crippen LogP contribution >= 0.6 is 0 Å². The van der Waals surface area contributed by atoms with Crippen molar-refractivity contribution in [3.8, 4) is 5.75 Å². The summed E-state index contributed by atoms with van der Waals surface area (Å²) >= 11 is 0. The number of hydrogen-bond acceptors (Lipinski definition) is 1. The van der Waals surface area contributed by atoms with Crippen molar-refractivity contribution in [2.24, 2.45) is 0 Å². The lowest BCUT2D eigenvalue weighted by atomic mass is 10.1. The van der Waals surface area contributed by atoms with Gasteiger partial charge in [-0.3, -0.25) is 0 Å². The molecule has 0 atom stereocenters. The predicted octanol–water partition coefficient (Wildman–Crippen LogP) is 4.02. The highest BCUT2D eigenvalue weighted by atomic mass is 19.1. The molecule has 0 aliphatic rings. The van der Waals surface area contributed by atoms with Crippen molar-refractivity contribution in [2.75, 3.05) is 0 Å². The zero-order chi connectivity index (χ0) is 12.3. The van der Waals surface area contributed by atoms with Gasteiger partial charge in [-0.1, -0.05) is 35.9 Å². The molecule has 0 bridgehead atoms. The molecule has 0 amide bonds. The largest absolute Gasteiger partial charge is 0.489 e. The second-order valence-electron chi connectivity index (χ2n) is 4.15. The lowest BCUT2D eigenvalue weighted by Gasteiger charge is -2.10. The highest BCUT2D eigenvalue weighted by Crippen LogP contribution is 2.20. The number of aryl methyl sites for hydroxylation is 2. The average molecular weight is 230 g/mol. The Kier molecular flexibility index (Phi) is 3.43. The maximum atomic E-state index is 13.4. The molecule has 0 fully saturated rings. The van der Waals surface area contributed by atoms with E-state index in [2.05, 4.69) is 6.07 Å². The van der Waals surface area contributed by atoms with Crippen LogP contribution in [0.1, 0.15) is 16.7 Å². The second-order valence-corrected chi connectivity index (χ2v) is 4.15. The molecular weight excluding hydrogens is 215 g/mol. The van der Waals surface area contributed by atoms with Gasteiger partial charge in [0.15, 0.2) is 0 Å². The molecule has 0 N–H and O–H groups in total. The van der Waals surface area contributed by atoms with E-state index in [-0.39, 0.29) is 12.4 Å². The van der Waals surface area contributed by atoms with Crippen molar-refractivity contribution in [3.63, 3.8) is 0 Å². The van der Waals surface area contributed by atoms with E-state index >= 15 is 0 Å². The summed E-state index contributed by atoms with van der Waals surface area (Å²) < 4.78 is 19.0. The first-order chi connectivity index (χ1) is 8.16. The van der Waals surface area contributed by atoms with Crippen LogP contribution in [0, 0.1) is 19.7 Å². The summed E-state index contributed by atoms with van der Waals surface area (Å²) in [5.41, 5.74) is 2.84. The molecule has 1 nitrogen and oxygen atoms in total. The minimum Gasteiger partial charge on any atom is -0.489 e. The van der Waals surface area contributed by atoms with Crippen molar-refractivity contribution in [1.29, 1.82) is 0 Å². The van der Waals surface area contributed by atoms with Gasteiger partial charge in [-0.2, -0.15) is 0 Å². The molecule has 0 aliphatic heterocycles. The fourth-order valence-corrected chi connectivity index (χ4v) is 1.73. The van der Waals surface area contributed by atoms with E-state index in [0.717, 1.165) is 11.3 Å². The van der Waals surface area contributed by atoms with E-state index in [1.807, 2.05) is 32.0 Å². The summed E-state index contributed by atoms with van der Waals surface area (Å²) in [6.45, 7) is 4.29. The summed E-state index contributed by atoms with van der Waals surface area (Å²) in [6, 6.07) is 12.6. The number of rotatable bonds is 3. The standard InChI is InChI=1S/C15H15FO/c1-11-7-8-15(12(2)9-11)17-10-13-5-3-4-6-14(13)16/h3-9H,10H2,1-2H3. The van der Waals surface area contributed by atoms with Gasteiger partial charge in [0, 0.05) is 5.56 Å². The summed E-state index contributed by atoms with van der Waals surface area (Å²) in [6.07, 6.45) is 0. The molecule has 2 rings (SSSR count). The lowest BCUT2D eigenvalue weighted by Crippen LogP contribution is -1.99. The molecule has 0 aliphatic carbocycles. The summed E-state index contributed by atoms with van der Waals surface area (Å²) in [5, 5.41) is 0. The fourth-order valence-electron chi connectivity index (χ4n) is 1.73. The van der Waals surface area contributed by atoms with Gasteiger partial charge in [-0.05, 0) is 31.5 Å². The van der Waals surface area contributed by atoms with E-state index < -0.39 is 0 Å². The van der Waals surface area contributed by atoms with Crippen LogP contribution in [0.5, 0.6) is 5.75 Å². The Morgan fingerprint density at radius 3 is 2.53 bits per heavy atom. The number of hydrogen-bond donors (Lipinski definition) is 0. The second kappa shape index (κ2) is 5.00. The molecule has 0 heterocycles. The van der Waals surface area contributed by atoms with E-state index in [9.17, 15) is 4.39 Å². The molecule has 2 aromatic rings. The highest BCUT2D eigenvalue weighted by molar-refractivity contribution is 5.35. The topological polar surface area (TPSA) is 9.23 Å².